The maximum Gasteiger partial charge on any atom is 1.00 e. The van der Waals surface area contributed by atoms with Crippen molar-refractivity contribution in [3.63, 3.8) is 0 Å². The van der Waals surface area contributed by atoms with E-state index >= 15 is 0 Å². The average molecular weight is 907 g/mol. The van der Waals surface area contributed by atoms with E-state index in [2.05, 4.69) is 9.68 Å². The van der Waals surface area contributed by atoms with Crippen molar-refractivity contribution in [1.82, 2.24) is 10.1 Å². The van der Waals surface area contributed by atoms with Crippen LogP contribution in [0.1, 0.15) is 77.0 Å². The fourth-order valence-electron chi connectivity index (χ4n) is 4.59. The number of aliphatic carboxylic acids is 2. The first kappa shape index (κ1) is 55.9. The number of carboxylic acid groups (broad SMARTS) is 2. The minimum Gasteiger partial charge on any atom is -0.550 e. The standard InChI is InChI=1S/2C12H17NO12S2.2Na/c2*14-7(15)5-3-1-2-4-6-8(16)25-13-11(17)9(26(19,20)21)10(12(13)18)27(22,23)24;;/h2*9-10H,1-6H2,(H,14,15)(H,19,20,21)(H,22,23,24);;/q;;2*+1/p-2. The Morgan fingerprint density at radius 3 is 0.821 bits per heavy atom. The van der Waals surface area contributed by atoms with Crippen LogP contribution < -0.4 is 69.3 Å². The van der Waals surface area contributed by atoms with Gasteiger partial charge in [0, 0.05) is 24.8 Å². The summed E-state index contributed by atoms with van der Waals surface area (Å²) in [6.07, 6.45) is 1.62. The van der Waals surface area contributed by atoms with Gasteiger partial charge in [-0.15, -0.1) is 0 Å². The normalized spacial score (nSPS) is 20.0. The van der Waals surface area contributed by atoms with E-state index in [1.165, 1.54) is 0 Å². The zero-order chi connectivity index (χ0) is 42.0. The Labute approximate surface area is 362 Å². The molecule has 2 aliphatic heterocycles. The van der Waals surface area contributed by atoms with Crippen LogP contribution in [0.15, 0.2) is 0 Å². The molecule has 2 saturated heterocycles. The molecule has 0 radical (unpaired) electrons. The number of hydroxylamine groups is 4. The van der Waals surface area contributed by atoms with Crippen molar-refractivity contribution in [3.8, 4) is 0 Å². The molecule has 32 heteroatoms. The maximum atomic E-state index is 11.9. The Kier molecular flexibility index (Phi) is 23.4. The van der Waals surface area contributed by atoms with Crippen molar-refractivity contribution in [3.05, 3.63) is 0 Å². The number of nitrogens with zero attached hydrogens (tertiary/aromatic N) is 2. The summed E-state index contributed by atoms with van der Waals surface area (Å²) in [4.78, 5) is 100. The summed E-state index contributed by atoms with van der Waals surface area (Å²) in [5.41, 5.74) is 0. The summed E-state index contributed by atoms with van der Waals surface area (Å²) in [6, 6.07) is 0. The van der Waals surface area contributed by atoms with E-state index in [1.807, 2.05) is 0 Å². The molecule has 2 heterocycles. The van der Waals surface area contributed by atoms with Crippen LogP contribution in [0.4, 0.5) is 0 Å². The Balaban J connectivity index is 0. The SMILES string of the molecule is O=C([O-])CCCCCCC(=O)ON1C(=O)C(S(=O)(=O)O)C(S(=O)(=O)O)C1=O.O=C([O-])CCCCCCC(=O)ON1C(=O)C(S(=O)(=O)O)C(S(=O)(=O)O)C1=O.[Na+].[Na+]. The number of carboxylic acids is 2. The van der Waals surface area contributed by atoms with Gasteiger partial charge in [0.2, 0.25) is 0 Å². The number of carbonyl (C=O) groups is 8. The van der Waals surface area contributed by atoms with Gasteiger partial charge in [-0.3, -0.25) is 37.4 Å². The number of rotatable bonds is 20. The average Bonchev–Trinajstić information content (AvgIpc) is 3.41. The summed E-state index contributed by atoms with van der Waals surface area (Å²) < 4.78 is 125. The molecule has 0 bridgehead atoms. The molecule has 308 valence electrons. The van der Waals surface area contributed by atoms with E-state index in [0.29, 0.717) is 38.5 Å². The van der Waals surface area contributed by atoms with Crippen molar-refractivity contribution in [1.29, 1.82) is 0 Å². The first-order chi connectivity index (χ1) is 24.5. The third-order valence-corrected chi connectivity index (χ3v) is 11.8. The quantitative estimate of drug-likeness (QED) is 0.0381. The van der Waals surface area contributed by atoms with E-state index in [-0.39, 0.29) is 97.6 Å². The second-order valence-corrected chi connectivity index (χ2v) is 17.3. The Bertz CT molecular complexity index is 1710. The molecule has 2 fully saturated rings. The summed E-state index contributed by atoms with van der Waals surface area (Å²) >= 11 is 0. The Hall–Kier alpha value is -2.20. The first-order valence-electron chi connectivity index (χ1n) is 15.0. The van der Waals surface area contributed by atoms with Crippen LogP contribution in [0.2, 0.25) is 0 Å². The van der Waals surface area contributed by atoms with Gasteiger partial charge in [-0.1, -0.05) is 35.8 Å². The van der Waals surface area contributed by atoms with Crippen molar-refractivity contribution in [2.24, 2.45) is 0 Å². The van der Waals surface area contributed by atoms with Gasteiger partial charge in [0.1, 0.15) is 0 Å². The molecule has 4 amide bonds. The minimum atomic E-state index is -5.42. The number of hydrogen-bond donors (Lipinski definition) is 4. The van der Waals surface area contributed by atoms with Crippen molar-refractivity contribution in [2.75, 3.05) is 0 Å². The fraction of sp³-hybridized carbons (Fsp3) is 0.667. The van der Waals surface area contributed by atoms with E-state index in [4.69, 9.17) is 18.2 Å². The van der Waals surface area contributed by atoms with Crippen molar-refractivity contribution >= 4 is 88.0 Å². The molecule has 4 unspecified atom stereocenters. The van der Waals surface area contributed by atoms with Gasteiger partial charge in [-0.05, 0) is 38.5 Å². The molecule has 2 aliphatic rings. The van der Waals surface area contributed by atoms with Gasteiger partial charge in [-0.25, -0.2) is 9.59 Å². The van der Waals surface area contributed by atoms with Crippen LogP contribution in [0, 0.1) is 0 Å². The van der Waals surface area contributed by atoms with E-state index < -0.39 is 119 Å². The van der Waals surface area contributed by atoms with Gasteiger partial charge in [0.05, 0.1) is 0 Å². The third kappa shape index (κ3) is 17.3. The van der Waals surface area contributed by atoms with Crippen molar-refractivity contribution < 1.29 is 169 Å². The molecule has 4 N–H and O–H groups in total. The molecule has 0 aliphatic carbocycles. The van der Waals surface area contributed by atoms with Crippen LogP contribution in [-0.2, 0) is 88.5 Å². The summed E-state index contributed by atoms with van der Waals surface area (Å²) in [6.45, 7) is 0. The molecule has 4 atom stereocenters. The molecule has 0 aromatic heterocycles. The number of imide groups is 2. The van der Waals surface area contributed by atoms with E-state index in [1.54, 1.807) is 0 Å². The Morgan fingerprint density at radius 1 is 0.446 bits per heavy atom. The van der Waals surface area contributed by atoms with Crippen LogP contribution in [0.25, 0.3) is 0 Å². The monoisotopic (exact) mass is 906 g/mol. The molecule has 0 aromatic rings. The topological polar surface area (TPSA) is 425 Å². The zero-order valence-electron chi connectivity index (χ0n) is 29.3. The summed E-state index contributed by atoms with van der Waals surface area (Å²) in [5.74, 6) is -12.2. The summed E-state index contributed by atoms with van der Waals surface area (Å²) in [7, 11) is -21.7. The number of unbranched alkanes of at least 4 members (excludes halogenated alkanes) is 6. The molecular weight excluding hydrogens is 875 g/mol. The summed E-state index contributed by atoms with van der Waals surface area (Å²) in [5, 5.41) is 8.13. The van der Waals surface area contributed by atoms with Crippen LogP contribution in [0.5, 0.6) is 0 Å². The van der Waals surface area contributed by atoms with Crippen LogP contribution >= 0.6 is 0 Å². The van der Waals surface area contributed by atoms with Gasteiger partial charge < -0.3 is 29.5 Å². The second kappa shape index (κ2) is 23.4. The molecule has 0 spiro atoms. The second-order valence-electron chi connectivity index (χ2n) is 11.2. The first-order valence-corrected chi connectivity index (χ1v) is 21.0. The predicted molar refractivity (Wildman–Crippen MR) is 163 cm³/mol. The number of hydrogen-bond acceptors (Lipinski definition) is 20. The zero-order valence-corrected chi connectivity index (χ0v) is 36.5. The number of amides is 4. The molecular formula is C24H32N2Na2O24S4. The fourth-order valence-corrected chi connectivity index (χ4v) is 9.39. The molecule has 26 nitrogen and oxygen atoms in total. The van der Waals surface area contributed by atoms with E-state index in [0.717, 1.165) is 0 Å². The predicted octanol–water partition coefficient (Wildman–Crippen LogP) is -11.2. The number of carbonyl (C=O) groups excluding carboxylic acids is 8. The van der Waals surface area contributed by atoms with Gasteiger partial charge in [-0.2, -0.15) is 33.7 Å². The molecule has 0 saturated carbocycles. The van der Waals surface area contributed by atoms with Crippen LogP contribution in [-0.4, -0.2) is 131 Å². The third-order valence-electron chi connectivity index (χ3n) is 7.02. The molecule has 56 heavy (non-hydrogen) atoms. The molecule has 0 aromatic carbocycles. The molecule has 2 rings (SSSR count). The largest absolute Gasteiger partial charge is 1.00 e. The van der Waals surface area contributed by atoms with Crippen LogP contribution in [0.3, 0.4) is 0 Å². The van der Waals surface area contributed by atoms with Crippen molar-refractivity contribution in [2.45, 2.75) is 98.0 Å². The smallest absolute Gasteiger partial charge is 0.550 e. The van der Waals surface area contributed by atoms with E-state index in [9.17, 15) is 82.2 Å². The minimum absolute atomic E-state index is 0. The maximum absolute atomic E-state index is 11.9. The van der Waals surface area contributed by atoms with Gasteiger partial charge in [0.15, 0.2) is 21.0 Å². The van der Waals surface area contributed by atoms with Gasteiger partial charge >= 0.3 is 71.1 Å². The van der Waals surface area contributed by atoms with Gasteiger partial charge in [0.25, 0.3) is 64.1 Å². The Morgan fingerprint density at radius 2 is 0.643 bits per heavy atom.